The topological polar surface area (TPSA) is 38.1 Å². The van der Waals surface area contributed by atoms with E-state index in [0.29, 0.717) is 18.4 Å². The molecule has 2 fully saturated rings. The van der Waals surface area contributed by atoms with E-state index < -0.39 is 5.54 Å². The van der Waals surface area contributed by atoms with Gasteiger partial charge in [0.2, 0.25) is 19.2 Å². The van der Waals surface area contributed by atoms with Gasteiger partial charge in [0.1, 0.15) is 5.54 Å². The summed E-state index contributed by atoms with van der Waals surface area (Å²) in [4.78, 5) is 21.5. The molecule has 0 aliphatic heterocycles. The summed E-state index contributed by atoms with van der Waals surface area (Å²) in [5.74, 6) is 1.19. The first-order valence-corrected chi connectivity index (χ1v) is 6.82. The van der Waals surface area contributed by atoms with Gasteiger partial charge < -0.3 is 9.69 Å². The summed E-state index contributed by atoms with van der Waals surface area (Å²) in [5.41, 5.74) is -0.384. The van der Waals surface area contributed by atoms with E-state index in [2.05, 4.69) is 14.7 Å². The van der Waals surface area contributed by atoms with Gasteiger partial charge in [-0.15, -0.1) is 0 Å². The molecule has 4 unspecified atom stereocenters. The number of aliphatic imine (C=N–C) groups is 1. The Hall–Kier alpha value is -1.64. The monoisotopic (exact) mass is 257 g/mol. The van der Waals surface area contributed by atoms with Crippen LogP contribution in [0.3, 0.4) is 0 Å². The van der Waals surface area contributed by atoms with E-state index in [9.17, 15) is 4.79 Å². The van der Waals surface area contributed by atoms with Crippen LogP contribution < -0.4 is 0 Å². The lowest BCUT2D eigenvalue weighted by atomic mass is 9.72. The van der Waals surface area contributed by atoms with Crippen molar-refractivity contribution in [2.45, 2.75) is 44.6 Å². The smallest absolute Gasteiger partial charge is 0.240 e. The lowest BCUT2D eigenvalue weighted by Crippen LogP contribution is -2.34. The molecule has 2 rings (SSSR count). The van der Waals surface area contributed by atoms with Gasteiger partial charge in [0.25, 0.3) is 0 Å². The van der Waals surface area contributed by atoms with Crippen LogP contribution in [0.4, 0.5) is 0 Å². The maximum Gasteiger partial charge on any atom is 0.240 e. The van der Waals surface area contributed by atoms with Gasteiger partial charge >= 0.3 is 0 Å². The first-order chi connectivity index (χ1) is 9.06. The van der Waals surface area contributed by atoms with Gasteiger partial charge in [-0.05, 0) is 50.4 Å². The van der Waals surface area contributed by atoms with Crippen molar-refractivity contribution < 1.29 is 4.79 Å². The first-order valence-electron chi connectivity index (χ1n) is 6.82. The zero-order valence-corrected chi connectivity index (χ0v) is 11.4. The molecule has 4 atom stereocenters. The average molecular weight is 257 g/mol. The zero-order chi connectivity index (χ0) is 13.9. The summed E-state index contributed by atoms with van der Waals surface area (Å²) in [6.07, 6.45) is 7.01. The van der Waals surface area contributed by atoms with Gasteiger partial charge in [0.05, 0.1) is 0 Å². The fourth-order valence-corrected chi connectivity index (χ4v) is 4.35. The Morgan fingerprint density at radius 3 is 2.84 bits per heavy atom. The molecule has 2 aliphatic carbocycles. The van der Waals surface area contributed by atoms with Gasteiger partial charge in [-0.2, -0.15) is 4.99 Å². The second kappa shape index (κ2) is 5.16. The molecule has 2 aliphatic rings. The van der Waals surface area contributed by atoms with E-state index in [1.54, 1.807) is 6.08 Å². The highest BCUT2D eigenvalue weighted by molar-refractivity contribution is 5.35. The molecule has 4 nitrogen and oxygen atoms in total. The first kappa shape index (κ1) is 13.8. The van der Waals surface area contributed by atoms with Crippen LogP contribution in [-0.4, -0.2) is 24.7 Å². The Balaban J connectivity index is 2.12. The van der Waals surface area contributed by atoms with Crippen LogP contribution in [0.15, 0.2) is 4.99 Å². The van der Waals surface area contributed by atoms with E-state index in [0.717, 1.165) is 25.7 Å². The summed E-state index contributed by atoms with van der Waals surface area (Å²) in [6.45, 7) is 16.9. The third-order valence-electron chi connectivity index (χ3n) is 4.92. The summed E-state index contributed by atoms with van der Waals surface area (Å²) >= 11 is 0. The number of nitrogens with zero attached hydrogens (tertiary/aromatic N) is 3. The van der Waals surface area contributed by atoms with Gasteiger partial charge in [-0.1, -0.05) is 0 Å². The molecule has 0 saturated heterocycles. The normalized spacial score (nSPS) is 34.9. The number of fused-ring (bicyclic) bond motifs is 2. The minimum absolute atomic E-state index is 0.208. The second-order valence-electron chi connectivity index (χ2n) is 6.50. The standard InChI is InChI=1S/C15H19N3O/c1-14(10-17-3,18-11-19)9-15-5-4-12(6-15)13(7-15)8-16-2/h12-13H,4-10H2,1H3. The van der Waals surface area contributed by atoms with Crippen LogP contribution in [0, 0.1) is 30.4 Å². The molecular formula is C15H19N3O. The second-order valence-corrected chi connectivity index (χ2v) is 6.50. The van der Waals surface area contributed by atoms with Gasteiger partial charge in [-0.25, -0.2) is 17.9 Å². The molecule has 2 saturated carbocycles. The van der Waals surface area contributed by atoms with E-state index >= 15 is 0 Å². The molecule has 19 heavy (non-hydrogen) atoms. The maximum absolute atomic E-state index is 10.6. The molecule has 0 spiro atoms. The van der Waals surface area contributed by atoms with Crippen molar-refractivity contribution in [3.63, 3.8) is 0 Å². The van der Waals surface area contributed by atoms with Crippen LogP contribution in [-0.2, 0) is 4.79 Å². The van der Waals surface area contributed by atoms with E-state index in [4.69, 9.17) is 13.1 Å². The lowest BCUT2D eigenvalue weighted by Gasteiger charge is -2.33. The van der Waals surface area contributed by atoms with E-state index in [-0.39, 0.29) is 12.0 Å². The van der Waals surface area contributed by atoms with E-state index in [1.807, 2.05) is 6.92 Å². The fourth-order valence-electron chi connectivity index (χ4n) is 4.35. The van der Waals surface area contributed by atoms with Crippen molar-refractivity contribution in [1.29, 1.82) is 0 Å². The summed E-state index contributed by atoms with van der Waals surface area (Å²) in [7, 11) is 0. The van der Waals surface area contributed by atoms with Crippen molar-refractivity contribution in [3.05, 3.63) is 22.8 Å². The van der Waals surface area contributed by atoms with Crippen LogP contribution >= 0.6 is 0 Å². The lowest BCUT2D eigenvalue weighted by molar-refractivity contribution is 0.193. The molecular weight excluding hydrogens is 238 g/mol. The third kappa shape index (κ3) is 2.70. The fraction of sp³-hybridized carbons (Fsp3) is 0.800. The highest BCUT2D eigenvalue weighted by Gasteiger charge is 2.54. The maximum atomic E-state index is 10.6. The molecule has 100 valence electrons. The minimum atomic E-state index is -0.592. The van der Waals surface area contributed by atoms with Crippen LogP contribution in [0.5, 0.6) is 0 Å². The predicted octanol–water partition coefficient (Wildman–Crippen LogP) is 3.12. The van der Waals surface area contributed by atoms with Crippen LogP contribution in [0.25, 0.3) is 9.69 Å². The largest absolute Gasteiger partial charge is 0.317 e. The average Bonchev–Trinajstić information content (AvgIpc) is 2.86. The highest BCUT2D eigenvalue weighted by Crippen LogP contribution is 2.60. The number of hydrogen-bond donors (Lipinski definition) is 0. The van der Waals surface area contributed by atoms with E-state index in [1.165, 1.54) is 6.42 Å². The number of hydrogen-bond acceptors (Lipinski definition) is 2. The molecule has 0 amide bonds. The summed E-state index contributed by atoms with van der Waals surface area (Å²) in [6, 6.07) is 0. The molecule has 2 bridgehead atoms. The van der Waals surface area contributed by atoms with Crippen molar-refractivity contribution in [2.75, 3.05) is 13.1 Å². The Bertz CT molecular complexity index is 483. The SMILES string of the molecule is [C-]#[N+]CC1CC2(CC(C)(C[N+]#[C-])N=C=O)CCC1C2. The molecule has 0 heterocycles. The molecule has 0 aromatic heterocycles. The van der Waals surface area contributed by atoms with Crippen molar-refractivity contribution in [2.24, 2.45) is 22.2 Å². The van der Waals surface area contributed by atoms with Gasteiger partial charge in [0.15, 0.2) is 0 Å². The quantitative estimate of drug-likeness (QED) is 0.423. The van der Waals surface area contributed by atoms with Crippen molar-refractivity contribution in [3.8, 4) is 0 Å². The Morgan fingerprint density at radius 1 is 1.42 bits per heavy atom. The van der Waals surface area contributed by atoms with Crippen LogP contribution in [0.2, 0.25) is 0 Å². The highest BCUT2D eigenvalue weighted by atomic mass is 16.1. The van der Waals surface area contributed by atoms with Crippen molar-refractivity contribution in [1.82, 2.24) is 0 Å². The number of carbonyl (C=O) groups excluding carboxylic acids is 1. The predicted molar refractivity (Wildman–Crippen MR) is 72.0 cm³/mol. The Morgan fingerprint density at radius 2 is 2.21 bits per heavy atom. The number of isocyanates is 1. The molecule has 0 N–H and O–H groups in total. The van der Waals surface area contributed by atoms with Crippen molar-refractivity contribution >= 4 is 6.08 Å². The number of rotatable bonds is 5. The molecule has 0 aromatic rings. The summed E-state index contributed by atoms with van der Waals surface area (Å²) in [5, 5.41) is 0. The van der Waals surface area contributed by atoms with Gasteiger partial charge in [0, 0.05) is 5.92 Å². The molecule has 0 aromatic carbocycles. The minimum Gasteiger partial charge on any atom is -0.317 e. The van der Waals surface area contributed by atoms with Crippen LogP contribution in [0.1, 0.15) is 39.0 Å². The Kier molecular flexibility index (Phi) is 3.74. The Labute approximate surface area is 114 Å². The third-order valence-corrected chi connectivity index (χ3v) is 4.92. The van der Waals surface area contributed by atoms with Gasteiger partial charge in [-0.3, -0.25) is 0 Å². The zero-order valence-electron chi connectivity index (χ0n) is 11.4. The molecule has 0 radical (unpaired) electrons. The summed E-state index contributed by atoms with van der Waals surface area (Å²) < 4.78 is 0. The molecule has 4 heteroatoms.